The van der Waals surface area contributed by atoms with Crippen LogP contribution < -0.4 is 20.3 Å². The number of nitrogens with one attached hydrogen (secondary N) is 2. The van der Waals surface area contributed by atoms with E-state index >= 15 is 0 Å². The van der Waals surface area contributed by atoms with Crippen molar-refractivity contribution < 1.29 is 28.6 Å². The van der Waals surface area contributed by atoms with Crippen molar-refractivity contribution in [2.24, 2.45) is 0 Å². The van der Waals surface area contributed by atoms with Gasteiger partial charge >= 0.3 is 5.97 Å². The first-order valence-electron chi connectivity index (χ1n) is 9.25. The molecule has 2 aromatic carbocycles. The summed E-state index contributed by atoms with van der Waals surface area (Å²) in [5.74, 6) is -0.724. The van der Waals surface area contributed by atoms with Crippen molar-refractivity contribution in [2.75, 3.05) is 13.2 Å². The van der Waals surface area contributed by atoms with Crippen LogP contribution in [0.2, 0.25) is 0 Å². The quantitative estimate of drug-likeness (QED) is 0.445. The normalized spacial score (nSPS) is 10.3. The predicted molar refractivity (Wildman–Crippen MR) is 113 cm³/mol. The Hall–Kier alpha value is -3.07. The average Bonchev–Trinajstić information content (AvgIpc) is 2.72. The molecule has 0 aliphatic rings. The van der Waals surface area contributed by atoms with Crippen LogP contribution in [0.3, 0.4) is 0 Å². The van der Waals surface area contributed by atoms with Gasteiger partial charge in [-0.2, -0.15) is 0 Å². The Morgan fingerprint density at radius 3 is 2.37 bits per heavy atom. The molecule has 0 saturated carbocycles. The Morgan fingerprint density at radius 2 is 1.73 bits per heavy atom. The Morgan fingerprint density at radius 1 is 1.03 bits per heavy atom. The number of hydrogen-bond donors (Lipinski definition) is 2. The molecule has 0 fully saturated rings. The zero-order chi connectivity index (χ0) is 22.1. The van der Waals surface area contributed by atoms with Crippen molar-refractivity contribution >= 4 is 33.7 Å². The van der Waals surface area contributed by atoms with Crippen molar-refractivity contribution in [3.05, 3.63) is 58.1 Å². The lowest BCUT2D eigenvalue weighted by molar-refractivity contribution is -0.123. The van der Waals surface area contributed by atoms with Crippen LogP contribution in [-0.2, 0) is 9.53 Å². The monoisotopic (exact) mass is 478 g/mol. The lowest BCUT2D eigenvalue weighted by Crippen LogP contribution is -2.44. The number of benzene rings is 2. The highest BCUT2D eigenvalue weighted by Crippen LogP contribution is 2.24. The average molecular weight is 479 g/mol. The fourth-order valence-corrected chi connectivity index (χ4v) is 2.68. The van der Waals surface area contributed by atoms with Gasteiger partial charge in [0.25, 0.3) is 11.8 Å². The van der Waals surface area contributed by atoms with Crippen LogP contribution in [0, 0.1) is 0 Å². The van der Waals surface area contributed by atoms with E-state index in [1.165, 1.54) is 12.1 Å². The van der Waals surface area contributed by atoms with Crippen LogP contribution in [-0.4, -0.2) is 37.1 Å². The first-order valence-corrected chi connectivity index (χ1v) is 10.0. The minimum atomic E-state index is -0.556. The molecule has 30 heavy (non-hydrogen) atoms. The van der Waals surface area contributed by atoms with Gasteiger partial charge in [-0.1, -0.05) is 15.9 Å². The fourth-order valence-electron chi connectivity index (χ4n) is 2.32. The second kappa shape index (κ2) is 11.2. The van der Waals surface area contributed by atoms with Crippen molar-refractivity contribution in [2.45, 2.75) is 26.9 Å². The Balaban J connectivity index is 1.87. The molecule has 0 aliphatic heterocycles. The number of ether oxygens (including phenoxy) is 3. The van der Waals surface area contributed by atoms with Crippen LogP contribution in [0.15, 0.2) is 46.9 Å². The lowest BCUT2D eigenvalue weighted by atomic mass is 10.2. The highest BCUT2D eigenvalue weighted by molar-refractivity contribution is 9.10. The molecule has 0 radical (unpaired) electrons. The summed E-state index contributed by atoms with van der Waals surface area (Å²) in [4.78, 5) is 36.0. The topological polar surface area (TPSA) is 103 Å². The summed E-state index contributed by atoms with van der Waals surface area (Å²) in [6.45, 7) is 5.38. The maximum atomic E-state index is 12.4. The number of hydrogen-bond acceptors (Lipinski definition) is 6. The molecule has 0 unspecified atom stereocenters. The summed E-state index contributed by atoms with van der Waals surface area (Å²) < 4.78 is 16.6. The first kappa shape index (κ1) is 23.2. The van der Waals surface area contributed by atoms with Crippen molar-refractivity contribution in [3.63, 3.8) is 0 Å². The summed E-state index contributed by atoms with van der Waals surface area (Å²) in [5.41, 5.74) is 5.28. The van der Waals surface area contributed by atoms with E-state index in [0.29, 0.717) is 21.5 Å². The van der Waals surface area contributed by atoms with Gasteiger partial charge in [-0.25, -0.2) is 4.79 Å². The molecule has 2 amide bonds. The minimum absolute atomic E-state index is 0.115. The molecule has 2 N–H and O–H groups in total. The number of amides is 2. The molecule has 8 nitrogen and oxygen atoms in total. The second-order valence-electron chi connectivity index (χ2n) is 6.34. The molecule has 160 valence electrons. The van der Waals surface area contributed by atoms with Crippen molar-refractivity contribution in [1.29, 1.82) is 0 Å². The molecule has 0 spiro atoms. The van der Waals surface area contributed by atoms with E-state index < -0.39 is 17.8 Å². The number of carbonyl (C=O) groups excluding carboxylic acids is 3. The van der Waals surface area contributed by atoms with E-state index in [0.717, 1.165) is 0 Å². The number of esters is 1. The predicted octanol–water partition coefficient (Wildman–Crippen LogP) is 3.25. The third-order valence-corrected chi connectivity index (χ3v) is 4.09. The molecule has 0 heterocycles. The van der Waals surface area contributed by atoms with Gasteiger partial charge in [-0.3, -0.25) is 20.4 Å². The van der Waals surface area contributed by atoms with Crippen LogP contribution in [0.1, 0.15) is 41.5 Å². The number of carbonyl (C=O) groups is 3. The van der Waals surface area contributed by atoms with Gasteiger partial charge in [-0.15, -0.1) is 0 Å². The van der Waals surface area contributed by atoms with Crippen LogP contribution in [0.4, 0.5) is 0 Å². The third-order valence-electron chi connectivity index (χ3n) is 3.60. The van der Waals surface area contributed by atoms with E-state index in [1.807, 2.05) is 13.8 Å². The van der Waals surface area contributed by atoms with Crippen LogP contribution in [0.5, 0.6) is 11.5 Å². The van der Waals surface area contributed by atoms with Gasteiger partial charge in [-0.05, 0) is 63.2 Å². The van der Waals surface area contributed by atoms with Gasteiger partial charge in [0.05, 0.1) is 23.8 Å². The lowest BCUT2D eigenvalue weighted by Gasteiger charge is -2.15. The van der Waals surface area contributed by atoms with E-state index in [2.05, 4.69) is 26.8 Å². The zero-order valence-corrected chi connectivity index (χ0v) is 18.4. The summed E-state index contributed by atoms with van der Waals surface area (Å²) in [5, 5.41) is 0. The molecule has 0 aliphatic carbocycles. The van der Waals surface area contributed by atoms with Gasteiger partial charge in [0, 0.05) is 4.47 Å². The van der Waals surface area contributed by atoms with Gasteiger partial charge in [0.2, 0.25) is 0 Å². The molecule has 0 atom stereocenters. The molecular weight excluding hydrogens is 456 g/mol. The largest absolute Gasteiger partial charge is 0.490 e. The van der Waals surface area contributed by atoms with E-state index in [4.69, 9.17) is 14.2 Å². The maximum absolute atomic E-state index is 12.4. The Kier molecular flexibility index (Phi) is 8.67. The zero-order valence-electron chi connectivity index (χ0n) is 16.9. The minimum Gasteiger partial charge on any atom is -0.490 e. The Labute approximate surface area is 183 Å². The maximum Gasteiger partial charge on any atom is 0.338 e. The van der Waals surface area contributed by atoms with Gasteiger partial charge in [0.1, 0.15) is 11.5 Å². The highest BCUT2D eigenvalue weighted by atomic mass is 79.9. The smallest absolute Gasteiger partial charge is 0.338 e. The number of halogens is 1. The first-order chi connectivity index (χ1) is 14.3. The van der Waals surface area contributed by atoms with E-state index in [-0.39, 0.29) is 24.9 Å². The van der Waals surface area contributed by atoms with Crippen LogP contribution in [0.25, 0.3) is 0 Å². The summed E-state index contributed by atoms with van der Waals surface area (Å²) >= 11 is 3.31. The summed E-state index contributed by atoms with van der Waals surface area (Å²) in [6.07, 6.45) is -0.115. The number of rotatable bonds is 8. The number of hydrazine groups is 1. The van der Waals surface area contributed by atoms with E-state index in [1.54, 1.807) is 37.3 Å². The Bertz CT molecular complexity index is 899. The molecule has 2 aromatic rings. The standard InChI is InChI=1S/C21H23BrN2O6/c1-4-28-21(27)14-5-8-16(9-6-14)29-12-19(25)23-24-20(26)17-11-15(22)7-10-18(17)30-13(2)3/h5-11,13H,4,12H2,1-3H3,(H,23,25)(H,24,26). The molecule has 0 aromatic heterocycles. The van der Waals surface area contributed by atoms with Crippen LogP contribution >= 0.6 is 15.9 Å². The molecule has 9 heteroatoms. The van der Waals surface area contributed by atoms with Gasteiger partial charge < -0.3 is 14.2 Å². The SMILES string of the molecule is CCOC(=O)c1ccc(OCC(=O)NNC(=O)c2cc(Br)ccc2OC(C)C)cc1. The fraction of sp³-hybridized carbons (Fsp3) is 0.286. The van der Waals surface area contributed by atoms with Crippen molar-refractivity contribution in [3.8, 4) is 11.5 Å². The van der Waals surface area contributed by atoms with Crippen molar-refractivity contribution in [1.82, 2.24) is 10.9 Å². The second-order valence-corrected chi connectivity index (χ2v) is 7.26. The summed E-state index contributed by atoms with van der Waals surface area (Å²) in [6, 6.07) is 11.2. The highest BCUT2D eigenvalue weighted by Gasteiger charge is 2.15. The molecular formula is C21H23BrN2O6. The van der Waals surface area contributed by atoms with E-state index in [9.17, 15) is 14.4 Å². The molecule has 2 rings (SSSR count). The third kappa shape index (κ3) is 7.07. The van der Waals surface area contributed by atoms with Gasteiger partial charge in [0.15, 0.2) is 6.61 Å². The molecule has 0 saturated heterocycles. The molecule has 0 bridgehead atoms. The summed E-state index contributed by atoms with van der Waals surface area (Å²) in [7, 11) is 0.